The SMILES string of the molecule is O=C(O)c1cccc(CS(=O)(=O)c2c(Cl)cccc2Cl)n1. The molecule has 5 nitrogen and oxygen atoms in total. The molecule has 0 amide bonds. The second kappa shape index (κ2) is 6.01. The van der Waals surface area contributed by atoms with Gasteiger partial charge in [-0.05, 0) is 24.3 Å². The Bertz CT molecular complexity index is 785. The maximum absolute atomic E-state index is 12.4. The van der Waals surface area contributed by atoms with Gasteiger partial charge in [0.15, 0.2) is 9.84 Å². The number of pyridine rings is 1. The van der Waals surface area contributed by atoms with E-state index in [0.717, 1.165) is 0 Å². The Morgan fingerprint density at radius 1 is 1.10 bits per heavy atom. The van der Waals surface area contributed by atoms with Gasteiger partial charge in [-0.2, -0.15) is 0 Å². The highest BCUT2D eigenvalue weighted by Crippen LogP contribution is 2.31. The van der Waals surface area contributed by atoms with Crippen molar-refractivity contribution in [1.29, 1.82) is 0 Å². The number of carbonyl (C=O) groups is 1. The van der Waals surface area contributed by atoms with Gasteiger partial charge in [-0.1, -0.05) is 35.3 Å². The molecule has 0 bridgehead atoms. The number of aromatic carboxylic acids is 1. The van der Waals surface area contributed by atoms with Gasteiger partial charge in [0.25, 0.3) is 0 Å². The molecule has 0 saturated carbocycles. The number of hydrogen-bond donors (Lipinski definition) is 1. The van der Waals surface area contributed by atoms with Crippen molar-refractivity contribution in [2.75, 3.05) is 0 Å². The smallest absolute Gasteiger partial charge is 0.354 e. The first-order chi connectivity index (χ1) is 9.81. The highest BCUT2D eigenvalue weighted by Gasteiger charge is 2.23. The predicted molar refractivity (Wildman–Crippen MR) is 78.5 cm³/mol. The summed E-state index contributed by atoms with van der Waals surface area (Å²) in [5, 5.41) is 8.88. The molecule has 2 aromatic rings. The molecule has 0 unspecified atom stereocenters. The number of benzene rings is 1. The van der Waals surface area contributed by atoms with Crippen LogP contribution in [0.4, 0.5) is 0 Å². The van der Waals surface area contributed by atoms with Crippen molar-refractivity contribution >= 4 is 39.0 Å². The van der Waals surface area contributed by atoms with E-state index in [1.807, 2.05) is 0 Å². The summed E-state index contributed by atoms with van der Waals surface area (Å²) in [7, 11) is -3.84. The van der Waals surface area contributed by atoms with E-state index in [1.165, 1.54) is 36.4 Å². The van der Waals surface area contributed by atoms with Crippen molar-refractivity contribution in [2.24, 2.45) is 0 Å². The summed E-state index contributed by atoms with van der Waals surface area (Å²) in [5.74, 6) is -1.72. The molecular weight excluding hydrogens is 337 g/mol. The largest absolute Gasteiger partial charge is 0.477 e. The van der Waals surface area contributed by atoms with Crippen molar-refractivity contribution in [3.05, 3.63) is 57.8 Å². The molecule has 0 spiro atoms. The number of aromatic nitrogens is 1. The molecular formula is C13H9Cl2NO4S. The second-order valence-electron chi connectivity index (χ2n) is 4.13. The maximum Gasteiger partial charge on any atom is 0.354 e. The molecule has 0 aliphatic heterocycles. The quantitative estimate of drug-likeness (QED) is 0.920. The fourth-order valence-corrected chi connectivity index (χ4v) is 4.25. The summed E-state index contributed by atoms with van der Waals surface area (Å²) < 4.78 is 24.7. The van der Waals surface area contributed by atoms with E-state index < -0.39 is 21.6 Å². The van der Waals surface area contributed by atoms with E-state index in [-0.39, 0.29) is 26.3 Å². The van der Waals surface area contributed by atoms with Gasteiger partial charge < -0.3 is 5.11 Å². The van der Waals surface area contributed by atoms with E-state index in [1.54, 1.807) is 0 Å². The van der Waals surface area contributed by atoms with Gasteiger partial charge >= 0.3 is 5.97 Å². The highest BCUT2D eigenvalue weighted by molar-refractivity contribution is 7.90. The van der Waals surface area contributed by atoms with Crippen LogP contribution in [-0.4, -0.2) is 24.5 Å². The molecule has 110 valence electrons. The molecule has 8 heteroatoms. The Morgan fingerprint density at radius 2 is 1.67 bits per heavy atom. The molecule has 0 radical (unpaired) electrons. The van der Waals surface area contributed by atoms with Crippen molar-refractivity contribution in [2.45, 2.75) is 10.6 Å². The predicted octanol–water partition coefficient (Wildman–Crippen LogP) is 3.06. The number of nitrogens with zero attached hydrogens (tertiary/aromatic N) is 1. The molecule has 0 fully saturated rings. The third kappa shape index (κ3) is 3.53. The third-order valence-corrected chi connectivity index (χ3v) is 5.19. The average molecular weight is 346 g/mol. The number of hydrogen-bond acceptors (Lipinski definition) is 4. The minimum absolute atomic E-state index is 0.0110. The van der Waals surface area contributed by atoms with Gasteiger partial charge in [0.1, 0.15) is 10.6 Å². The van der Waals surface area contributed by atoms with Crippen LogP contribution in [0, 0.1) is 0 Å². The normalized spacial score (nSPS) is 11.3. The molecule has 0 aliphatic rings. The molecule has 1 N–H and O–H groups in total. The highest BCUT2D eigenvalue weighted by atomic mass is 35.5. The fourth-order valence-electron chi connectivity index (χ4n) is 1.73. The summed E-state index contributed by atoms with van der Waals surface area (Å²) in [4.78, 5) is 14.4. The average Bonchev–Trinajstić information content (AvgIpc) is 2.37. The summed E-state index contributed by atoms with van der Waals surface area (Å²) in [6, 6.07) is 8.50. The van der Waals surface area contributed by atoms with Crippen LogP contribution in [0.2, 0.25) is 10.0 Å². The number of halogens is 2. The number of rotatable bonds is 4. The van der Waals surface area contributed by atoms with Gasteiger partial charge in [0.05, 0.1) is 21.5 Å². The molecule has 1 heterocycles. The van der Waals surface area contributed by atoms with Gasteiger partial charge in [-0.25, -0.2) is 18.2 Å². The lowest BCUT2D eigenvalue weighted by atomic mass is 10.3. The van der Waals surface area contributed by atoms with Crippen molar-refractivity contribution in [3.8, 4) is 0 Å². The standard InChI is InChI=1S/C13H9Cl2NO4S/c14-9-4-2-5-10(15)12(9)21(19,20)7-8-3-1-6-11(16-8)13(17)18/h1-6H,7H2,(H,17,18). The Kier molecular flexibility index (Phi) is 4.51. The first-order valence-corrected chi connectivity index (χ1v) is 8.08. The van der Waals surface area contributed by atoms with Crippen LogP contribution < -0.4 is 0 Å². The van der Waals surface area contributed by atoms with Crippen LogP contribution in [0.1, 0.15) is 16.2 Å². The van der Waals surface area contributed by atoms with Crippen molar-refractivity contribution in [3.63, 3.8) is 0 Å². The van der Waals surface area contributed by atoms with Gasteiger partial charge in [0.2, 0.25) is 0 Å². The molecule has 2 rings (SSSR count). The zero-order valence-corrected chi connectivity index (χ0v) is 12.8. The first kappa shape index (κ1) is 15.8. The Labute approximate surface area is 131 Å². The van der Waals surface area contributed by atoms with Crippen LogP contribution in [0.3, 0.4) is 0 Å². The number of carboxylic acids is 1. The van der Waals surface area contributed by atoms with Crippen molar-refractivity contribution < 1.29 is 18.3 Å². The van der Waals surface area contributed by atoms with Gasteiger partial charge in [-0.3, -0.25) is 0 Å². The van der Waals surface area contributed by atoms with Crippen LogP contribution in [0.5, 0.6) is 0 Å². The van der Waals surface area contributed by atoms with Crippen LogP contribution in [-0.2, 0) is 15.6 Å². The second-order valence-corrected chi connectivity index (χ2v) is 6.87. The van der Waals surface area contributed by atoms with E-state index in [0.29, 0.717) is 0 Å². The Hall–Kier alpha value is -1.63. The van der Waals surface area contributed by atoms with Crippen LogP contribution in [0.25, 0.3) is 0 Å². The summed E-state index contributed by atoms with van der Waals surface area (Å²) in [5.41, 5.74) is -0.126. The van der Waals surface area contributed by atoms with Crippen molar-refractivity contribution in [1.82, 2.24) is 4.98 Å². The lowest BCUT2D eigenvalue weighted by molar-refractivity contribution is 0.0690. The molecule has 1 aromatic carbocycles. The van der Waals surface area contributed by atoms with Crippen LogP contribution >= 0.6 is 23.2 Å². The third-order valence-electron chi connectivity index (χ3n) is 2.59. The van der Waals surface area contributed by atoms with E-state index in [2.05, 4.69) is 4.98 Å². The van der Waals surface area contributed by atoms with Gasteiger partial charge in [-0.15, -0.1) is 0 Å². The monoisotopic (exact) mass is 345 g/mol. The maximum atomic E-state index is 12.4. The lowest BCUT2D eigenvalue weighted by Crippen LogP contribution is -2.10. The van der Waals surface area contributed by atoms with E-state index in [4.69, 9.17) is 28.3 Å². The number of carboxylic acid groups (broad SMARTS) is 1. The minimum Gasteiger partial charge on any atom is -0.477 e. The molecule has 0 aliphatic carbocycles. The topological polar surface area (TPSA) is 84.3 Å². The molecule has 21 heavy (non-hydrogen) atoms. The summed E-state index contributed by atoms with van der Waals surface area (Å²) in [6.45, 7) is 0. The summed E-state index contributed by atoms with van der Waals surface area (Å²) >= 11 is 11.8. The van der Waals surface area contributed by atoms with Crippen LogP contribution in [0.15, 0.2) is 41.3 Å². The lowest BCUT2D eigenvalue weighted by Gasteiger charge is -2.08. The molecule has 0 saturated heterocycles. The Balaban J connectivity index is 2.43. The summed E-state index contributed by atoms with van der Waals surface area (Å²) in [6.07, 6.45) is 0. The van der Waals surface area contributed by atoms with E-state index in [9.17, 15) is 13.2 Å². The first-order valence-electron chi connectivity index (χ1n) is 5.67. The fraction of sp³-hybridized carbons (Fsp3) is 0.0769. The molecule has 0 atom stereocenters. The number of sulfone groups is 1. The Morgan fingerprint density at radius 3 is 2.24 bits per heavy atom. The molecule has 1 aromatic heterocycles. The van der Waals surface area contributed by atoms with E-state index >= 15 is 0 Å². The minimum atomic E-state index is -3.84. The van der Waals surface area contributed by atoms with Gasteiger partial charge in [0, 0.05) is 0 Å². The zero-order valence-electron chi connectivity index (χ0n) is 10.5. The zero-order chi connectivity index (χ0) is 15.6.